The van der Waals surface area contributed by atoms with Crippen molar-refractivity contribution in [2.45, 2.75) is 32.7 Å². The van der Waals surface area contributed by atoms with Crippen molar-refractivity contribution in [3.63, 3.8) is 0 Å². The lowest BCUT2D eigenvalue weighted by molar-refractivity contribution is -0.139. The maximum Gasteiger partial charge on any atom is 0.163 e. The molecule has 0 bridgehead atoms. The lowest BCUT2D eigenvalue weighted by atomic mass is 10.3. The van der Waals surface area contributed by atoms with Crippen molar-refractivity contribution in [3.05, 3.63) is 23.8 Å². The van der Waals surface area contributed by atoms with E-state index in [1.807, 2.05) is 20.8 Å². The van der Waals surface area contributed by atoms with E-state index >= 15 is 0 Å². The predicted octanol–water partition coefficient (Wildman–Crippen LogP) is 1.72. The van der Waals surface area contributed by atoms with Crippen LogP contribution in [0, 0.1) is 6.92 Å². The Labute approximate surface area is 96.5 Å². The van der Waals surface area contributed by atoms with Crippen LogP contribution in [0.15, 0.2) is 12.4 Å². The van der Waals surface area contributed by atoms with Crippen LogP contribution in [-0.2, 0) is 9.47 Å². The van der Waals surface area contributed by atoms with Gasteiger partial charge in [-0.1, -0.05) is 0 Å². The number of nitrogens with zero attached hydrogens (tertiary/aromatic N) is 2. The second-order valence-electron chi connectivity index (χ2n) is 3.90. The van der Waals surface area contributed by atoms with Gasteiger partial charge in [-0.15, -0.1) is 0 Å². The van der Waals surface area contributed by atoms with E-state index in [0.29, 0.717) is 6.61 Å². The molecule has 2 heterocycles. The van der Waals surface area contributed by atoms with Crippen LogP contribution in [0.1, 0.15) is 31.3 Å². The quantitative estimate of drug-likeness (QED) is 0.734. The molecule has 0 unspecified atom stereocenters. The van der Waals surface area contributed by atoms with Gasteiger partial charge in [0.1, 0.15) is 6.10 Å². The number of rotatable bonds is 1. The molecule has 0 aliphatic carbocycles. The minimum Gasteiger partial charge on any atom is -0.347 e. The Bertz CT molecular complexity index is 327. The van der Waals surface area contributed by atoms with E-state index in [4.69, 9.17) is 9.47 Å². The highest BCUT2D eigenvalue weighted by Crippen LogP contribution is 2.31. The lowest BCUT2D eigenvalue weighted by Gasteiger charge is -2.16. The minimum atomic E-state index is -0.503. The summed E-state index contributed by atoms with van der Waals surface area (Å²) in [4.78, 5) is 8.43. The van der Waals surface area contributed by atoms with E-state index < -0.39 is 5.79 Å². The third-order valence-corrected chi connectivity index (χ3v) is 2.14. The summed E-state index contributed by atoms with van der Waals surface area (Å²) in [6, 6.07) is 0. The fraction of sp³-hybridized carbons (Fsp3) is 0.600. The van der Waals surface area contributed by atoms with Crippen molar-refractivity contribution in [2.75, 3.05) is 6.61 Å². The van der Waals surface area contributed by atoms with Crippen LogP contribution in [0.2, 0.25) is 0 Å². The summed E-state index contributed by atoms with van der Waals surface area (Å²) in [5.41, 5.74) is 1.74. The molecule has 1 aromatic rings. The molecule has 0 aromatic carbocycles. The third-order valence-electron chi connectivity index (χ3n) is 2.14. The number of hydrogen-bond donors (Lipinski definition) is 0. The van der Waals surface area contributed by atoms with Crippen LogP contribution in [0.4, 0.5) is 0 Å². The van der Waals surface area contributed by atoms with Gasteiger partial charge in [-0.25, -0.2) is 0 Å². The zero-order valence-corrected chi connectivity index (χ0v) is 10.2. The van der Waals surface area contributed by atoms with Gasteiger partial charge in [0.25, 0.3) is 0 Å². The van der Waals surface area contributed by atoms with Crippen molar-refractivity contribution in [3.8, 4) is 0 Å². The summed E-state index contributed by atoms with van der Waals surface area (Å²) in [5.74, 6) is -0.503. The van der Waals surface area contributed by atoms with E-state index in [2.05, 4.69) is 9.97 Å². The highest BCUT2D eigenvalue weighted by Gasteiger charge is 2.34. The first-order valence-corrected chi connectivity index (χ1v) is 4.67. The van der Waals surface area contributed by atoms with Gasteiger partial charge in [0, 0.05) is 6.20 Å². The highest BCUT2D eigenvalue weighted by molar-refractivity contribution is 7.59. The Balaban J connectivity index is 0.00000112. The van der Waals surface area contributed by atoms with E-state index in [9.17, 15) is 0 Å². The molecule has 1 aliphatic heterocycles. The topological polar surface area (TPSA) is 44.2 Å². The second kappa shape index (κ2) is 4.47. The van der Waals surface area contributed by atoms with E-state index in [0.717, 1.165) is 11.4 Å². The smallest absolute Gasteiger partial charge is 0.163 e. The van der Waals surface area contributed by atoms with Crippen LogP contribution in [0.5, 0.6) is 0 Å². The van der Waals surface area contributed by atoms with Crippen LogP contribution in [0.25, 0.3) is 0 Å². The third kappa shape index (κ3) is 2.90. The standard InChI is InChI=1S/C10H14N2O2.H2S/c1-7-4-12-8(5-11-7)9-6-13-10(2,3)14-9;/h4-5,9H,6H2,1-3H3;1H2/t9-;/m1./s1. The van der Waals surface area contributed by atoms with Gasteiger partial charge in [-0.05, 0) is 20.8 Å². The molecule has 0 N–H and O–H groups in total. The number of hydrogen-bond acceptors (Lipinski definition) is 4. The van der Waals surface area contributed by atoms with Gasteiger partial charge < -0.3 is 9.47 Å². The molecule has 5 heteroatoms. The molecular formula is C10H16N2O2S. The Morgan fingerprint density at radius 2 is 2.07 bits per heavy atom. The molecule has 1 aliphatic rings. The number of ether oxygens (including phenoxy) is 2. The molecule has 0 radical (unpaired) electrons. The van der Waals surface area contributed by atoms with Crippen molar-refractivity contribution >= 4 is 13.5 Å². The molecule has 2 rings (SSSR count). The second-order valence-corrected chi connectivity index (χ2v) is 3.90. The Morgan fingerprint density at radius 3 is 2.53 bits per heavy atom. The van der Waals surface area contributed by atoms with E-state index in [-0.39, 0.29) is 19.6 Å². The molecule has 1 atom stereocenters. The van der Waals surface area contributed by atoms with E-state index in [1.54, 1.807) is 12.4 Å². The summed E-state index contributed by atoms with van der Waals surface area (Å²) in [7, 11) is 0. The first-order chi connectivity index (χ1) is 6.57. The maximum atomic E-state index is 5.65. The minimum absolute atomic E-state index is 0. The molecule has 4 nitrogen and oxygen atoms in total. The van der Waals surface area contributed by atoms with Gasteiger partial charge in [0.2, 0.25) is 0 Å². The Morgan fingerprint density at radius 1 is 1.33 bits per heavy atom. The predicted molar refractivity (Wildman–Crippen MR) is 61.0 cm³/mol. The summed E-state index contributed by atoms with van der Waals surface area (Å²) in [6.45, 7) is 6.25. The van der Waals surface area contributed by atoms with Gasteiger partial charge in [-0.3, -0.25) is 9.97 Å². The van der Waals surface area contributed by atoms with Crippen molar-refractivity contribution < 1.29 is 9.47 Å². The molecule has 15 heavy (non-hydrogen) atoms. The molecular weight excluding hydrogens is 212 g/mol. The largest absolute Gasteiger partial charge is 0.347 e. The highest BCUT2D eigenvalue weighted by atomic mass is 32.1. The molecule has 0 spiro atoms. The summed E-state index contributed by atoms with van der Waals surface area (Å²) >= 11 is 0. The monoisotopic (exact) mass is 228 g/mol. The average Bonchev–Trinajstić information content (AvgIpc) is 2.47. The maximum absolute atomic E-state index is 5.65. The number of aryl methyl sites for hydroxylation is 1. The van der Waals surface area contributed by atoms with Crippen molar-refractivity contribution in [1.29, 1.82) is 0 Å². The molecule has 1 fully saturated rings. The SMILES string of the molecule is Cc1cnc([C@H]2COC(C)(C)O2)cn1.S. The average molecular weight is 228 g/mol. The fourth-order valence-corrected chi connectivity index (χ4v) is 1.40. The van der Waals surface area contributed by atoms with Gasteiger partial charge in [0.15, 0.2) is 5.79 Å². The van der Waals surface area contributed by atoms with Crippen LogP contribution < -0.4 is 0 Å². The van der Waals surface area contributed by atoms with Crippen LogP contribution in [0.3, 0.4) is 0 Å². The van der Waals surface area contributed by atoms with Gasteiger partial charge in [0.05, 0.1) is 24.2 Å². The van der Waals surface area contributed by atoms with Gasteiger partial charge in [-0.2, -0.15) is 13.5 Å². The zero-order valence-electron chi connectivity index (χ0n) is 9.15. The van der Waals surface area contributed by atoms with Crippen molar-refractivity contribution in [2.24, 2.45) is 0 Å². The molecule has 1 saturated heterocycles. The first-order valence-electron chi connectivity index (χ1n) is 4.67. The zero-order chi connectivity index (χ0) is 10.2. The molecule has 84 valence electrons. The van der Waals surface area contributed by atoms with Crippen LogP contribution in [-0.4, -0.2) is 22.4 Å². The van der Waals surface area contributed by atoms with Crippen LogP contribution >= 0.6 is 13.5 Å². The normalized spacial score (nSPS) is 23.5. The molecule has 0 amide bonds. The Hall–Kier alpha value is -0.650. The summed E-state index contributed by atoms with van der Waals surface area (Å²) in [5, 5.41) is 0. The lowest BCUT2D eigenvalue weighted by Crippen LogP contribution is -2.19. The Kier molecular flexibility index (Phi) is 3.70. The first kappa shape index (κ1) is 12.4. The molecule has 1 aromatic heterocycles. The van der Waals surface area contributed by atoms with E-state index in [1.165, 1.54) is 0 Å². The van der Waals surface area contributed by atoms with Crippen molar-refractivity contribution in [1.82, 2.24) is 9.97 Å². The fourth-order valence-electron chi connectivity index (χ4n) is 1.40. The molecule has 0 saturated carbocycles. The summed E-state index contributed by atoms with van der Waals surface area (Å²) in [6.07, 6.45) is 3.40. The summed E-state index contributed by atoms with van der Waals surface area (Å²) < 4.78 is 11.1. The number of aromatic nitrogens is 2. The van der Waals surface area contributed by atoms with Gasteiger partial charge >= 0.3 is 0 Å².